The van der Waals surface area contributed by atoms with Crippen LogP contribution in [-0.4, -0.2) is 77.9 Å². The number of imidazole rings is 1. The van der Waals surface area contributed by atoms with Crippen LogP contribution in [0.3, 0.4) is 0 Å². The van der Waals surface area contributed by atoms with Crippen molar-refractivity contribution < 1.29 is 24.2 Å². The number of benzene rings is 1. The summed E-state index contributed by atoms with van der Waals surface area (Å²) in [5.74, 6) is 2.52. The standard InChI is InChI=1S/C29H38BrN7O5S/c1-16(2)23(37(28(39)40)29(3,4)5)26(38)35-9-6-17(7-10-35)8-11-36-14-32-24(31)22-25(36)34-27(33-22)43-21-13-20-19(12-18(21)30)41-15-42-20/h12-14,16-17,23H,6-11,15,31H2,1-5H3,(H,39,40)/t23-/m0/s1. The smallest absolute Gasteiger partial charge is 0.408 e. The van der Waals surface area contributed by atoms with Crippen LogP contribution in [0.5, 0.6) is 11.5 Å². The van der Waals surface area contributed by atoms with Crippen LogP contribution >= 0.6 is 27.7 Å². The third-order valence-electron chi connectivity index (χ3n) is 7.90. The van der Waals surface area contributed by atoms with Crippen molar-refractivity contribution in [2.75, 3.05) is 25.6 Å². The van der Waals surface area contributed by atoms with Crippen LogP contribution in [0.2, 0.25) is 0 Å². The number of fused-ring (bicyclic) bond motifs is 2. The molecule has 0 aromatic heterocycles. The van der Waals surface area contributed by atoms with Crippen molar-refractivity contribution in [1.82, 2.24) is 29.3 Å². The Bertz CT molecular complexity index is 1470. The Hall–Kier alpha value is -3.26. The van der Waals surface area contributed by atoms with E-state index >= 15 is 0 Å². The van der Waals surface area contributed by atoms with E-state index in [1.54, 1.807) is 6.33 Å². The molecule has 2 amide bonds. The summed E-state index contributed by atoms with van der Waals surface area (Å²) in [7, 11) is 0. The molecule has 4 aliphatic rings. The molecule has 1 atom stereocenters. The Morgan fingerprint density at radius 1 is 1.19 bits per heavy atom. The zero-order valence-electron chi connectivity index (χ0n) is 25.0. The number of likely N-dealkylation sites (tertiary alicyclic amines) is 1. The van der Waals surface area contributed by atoms with Gasteiger partial charge in [0.25, 0.3) is 0 Å². The van der Waals surface area contributed by atoms with Crippen LogP contribution in [0.4, 0.5) is 10.6 Å². The molecule has 12 nitrogen and oxygen atoms in total. The molecular formula is C29H38BrN7O5S. The van der Waals surface area contributed by atoms with Crippen LogP contribution < -0.4 is 15.2 Å². The maximum Gasteiger partial charge on any atom is 0.408 e. The monoisotopic (exact) mass is 675 g/mol. The van der Waals surface area contributed by atoms with Crippen molar-refractivity contribution in [2.24, 2.45) is 11.8 Å². The summed E-state index contributed by atoms with van der Waals surface area (Å²) in [5.41, 5.74) is 6.04. The number of rotatable bonds is 8. The first-order valence-corrected chi connectivity index (χ1v) is 16.0. The molecule has 0 aliphatic carbocycles. The van der Waals surface area contributed by atoms with Gasteiger partial charge in [0.05, 0.1) is 6.33 Å². The molecule has 0 spiro atoms. The minimum absolute atomic E-state index is 0.115. The van der Waals surface area contributed by atoms with Gasteiger partial charge in [0.2, 0.25) is 12.7 Å². The van der Waals surface area contributed by atoms with E-state index in [2.05, 4.69) is 25.9 Å². The minimum atomic E-state index is -1.07. The van der Waals surface area contributed by atoms with Gasteiger partial charge in [-0.3, -0.25) is 9.69 Å². The lowest BCUT2D eigenvalue weighted by atomic mass is 9.91. The Morgan fingerprint density at radius 2 is 1.86 bits per heavy atom. The maximum absolute atomic E-state index is 13.6. The first-order valence-electron chi connectivity index (χ1n) is 14.4. The molecule has 3 N–H and O–H groups in total. The third-order valence-corrected chi connectivity index (χ3v) is 9.74. The number of aryl methyl sites for hydroxylation is 1. The van der Waals surface area contributed by atoms with E-state index in [1.165, 1.54) is 16.7 Å². The first kappa shape index (κ1) is 31.2. The number of hydrogen-bond acceptors (Lipinski definition) is 9. The van der Waals surface area contributed by atoms with Gasteiger partial charge in [0, 0.05) is 34.5 Å². The van der Waals surface area contributed by atoms with Crippen molar-refractivity contribution in [3.05, 3.63) is 22.9 Å². The molecule has 4 aliphatic heterocycles. The normalized spacial score (nSPS) is 16.2. The molecule has 1 saturated heterocycles. The van der Waals surface area contributed by atoms with Crippen molar-refractivity contribution in [3.8, 4) is 23.0 Å². The summed E-state index contributed by atoms with van der Waals surface area (Å²) < 4.78 is 13.8. The van der Waals surface area contributed by atoms with Crippen molar-refractivity contribution in [1.29, 1.82) is 0 Å². The van der Waals surface area contributed by atoms with Crippen LogP contribution in [0.15, 0.2) is 33.0 Å². The predicted molar refractivity (Wildman–Crippen MR) is 165 cm³/mol. The number of aromatic nitrogens is 4. The van der Waals surface area contributed by atoms with Gasteiger partial charge in [-0.25, -0.2) is 19.7 Å². The van der Waals surface area contributed by atoms with Crippen LogP contribution in [0.1, 0.15) is 53.9 Å². The van der Waals surface area contributed by atoms with E-state index in [-0.39, 0.29) is 18.6 Å². The van der Waals surface area contributed by atoms with E-state index < -0.39 is 17.7 Å². The molecule has 0 radical (unpaired) electrons. The molecule has 1 aromatic rings. The topological polar surface area (TPSA) is 149 Å². The average molecular weight is 677 g/mol. The largest absolute Gasteiger partial charge is 0.465 e. The molecule has 0 saturated carbocycles. The minimum Gasteiger partial charge on any atom is -0.465 e. The van der Waals surface area contributed by atoms with E-state index in [4.69, 9.17) is 20.2 Å². The number of nitrogens with zero attached hydrogens (tertiary/aromatic N) is 6. The van der Waals surface area contributed by atoms with Crippen molar-refractivity contribution >= 4 is 45.5 Å². The highest BCUT2D eigenvalue weighted by Crippen LogP contribution is 2.43. The molecule has 4 heterocycles. The van der Waals surface area contributed by atoms with Gasteiger partial charge in [-0.15, -0.1) is 0 Å². The van der Waals surface area contributed by atoms with Gasteiger partial charge < -0.3 is 29.8 Å². The Kier molecular flexibility index (Phi) is 8.98. The first-order chi connectivity index (χ1) is 20.3. The molecule has 0 unspecified atom stereocenters. The highest BCUT2D eigenvalue weighted by molar-refractivity contribution is 9.10. The van der Waals surface area contributed by atoms with Gasteiger partial charge in [-0.05, 0) is 91.7 Å². The van der Waals surface area contributed by atoms with E-state index in [0.717, 1.165) is 28.6 Å². The summed E-state index contributed by atoms with van der Waals surface area (Å²) in [5, 5.41) is 10.5. The molecule has 5 rings (SSSR count). The van der Waals surface area contributed by atoms with E-state index in [0.29, 0.717) is 59.5 Å². The number of nitrogens with two attached hydrogens (primary N) is 1. The average Bonchev–Trinajstić information content (AvgIpc) is 3.57. The zero-order chi connectivity index (χ0) is 31.1. The second kappa shape index (κ2) is 12.4. The Balaban J connectivity index is 1.23. The molecule has 1 aromatic carbocycles. The van der Waals surface area contributed by atoms with Crippen molar-refractivity contribution in [2.45, 2.75) is 82.1 Å². The van der Waals surface area contributed by atoms with Crippen LogP contribution in [0.25, 0.3) is 11.5 Å². The molecule has 0 bridgehead atoms. The zero-order valence-corrected chi connectivity index (χ0v) is 27.4. The fourth-order valence-corrected chi connectivity index (χ4v) is 7.04. The quantitative estimate of drug-likeness (QED) is 0.316. The van der Waals surface area contributed by atoms with E-state index in [1.807, 2.05) is 56.2 Å². The predicted octanol–water partition coefficient (Wildman–Crippen LogP) is 5.43. The number of anilines is 1. The second-order valence-electron chi connectivity index (χ2n) is 12.3. The summed E-state index contributed by atoms with van der Waals surface area (Å²) in [6.45, 7) is 11.4. The van der Waals surface area contributed by atoms with Gasteiger partial charge >= 0.3 is 6.09 Å². The SMILES string of the molecule is CC(C)[C@@H](C(=O)N1CCC(CCn2cnc(N)c3nc(Sc4cc5c(cc4Br)OCO5)nc2-3)CC1)N(C(=O)O)C(C)(C)C. The third kappa shape index (κ3) is 6.64. The molecular weight excluding hydrogens is 638 g/mol. The number of piperidine rings is 1. The fraction of sp³-hybridized carbons (Fsp3) is 0.552. The second-order valence-corrected chi connectivity index (χ2v) is 14.2. The van der Waals surface area contributed by atoms with Gasteiger partial charge in [-0.2, -0.15) is 0 Å². The van der Waals surface area contributed by atoms with E-state index in [9.17, 15) is 14.7 Å². The number of nitrogen functional groups attached to an aromatic ring is 1. The lowest BCUT2D eigenvalue weighted by Crippen LogP contribution is -2.60. The highest BCUT2D eigenvalue weighted by atomic mass is 79.9. The summed E-state index contributed by atoms with van der Waals surface area (Å²) >= 11 is 4.99. The molecule has 14 heteroatoms. The Morgan fingerprint density at radius 3 is 2.49 bits per heavy atom. The highest BCUT2D eigenvalue weighted by Gasteiger charge is 2.41. The summed E-state index contributed by atoms with van der Waals surface area (Å²) in [6.07, 6.45) is 3.20. The summed E-state index contributed by atoms with van der Waals surface area (Å²) in [6, 6.07) is 3.05. The van der Waals surface area contributed by atoms with Gasteiger partial charge in [-0.1, -0.05) is 13.8 Å². The number of halogens is 1. The number of hydrogen-bond donors (Lipinski definition) is 2. The Labute approximate surface area is 263 Å². The number of carbonyl (C=O) groups is 2. The van der Waals surface area contributed by atoms with Gasteiger partial charge in [0.1, 0.15) is 6.04 Å². The summed E-state index contributed by atoms with van der Waals surface area (Å²) in [4.78, 5) is 43.5. The van der Waals surface area contributed by atoms with Gasteiger partial charge in [0.15, 0.2) is 34.0 Å². The molecule has 232 valence electrons. The maximum atomic E-state index is 13.6. The lowest BCUT2D eigenvalue weighted by molar-refractivity contribution is -0.141. The van der Waals surface area contributed by atoms with Crippen LogP contribution in [-0.2, 0) is 11.3 Å². The van der Waals surface area contributed by atoms with Crippen LogP contribution in [0, 0.1) is 11.8 Å². The fourth-order valence-electron chi connectivity index (χ4n) is 5.69. The molecule has 43 heavy (non-hydrogen) atoms. The van der Waals surface area contributed by atoms with Crippen molar-refractivity contribution in [3.63, 3.8) is 0 Å². The molecule has 1 fully saturated rings. The number of amides is 2. The lowest BCUT2D eigenvalue weighted by Gasteiger charge is -2.43. The number of carbonyl (C=O) groups excluding carboxylic acids is 1. The number of ether oxygens (including phenoxy) is 2. The number of carboxylic acid groups (broad SMARTS) is 1.